The highest BCUT2D eigenvalue weighted by atomic mass is 35.5. The van der Waals surface area contributed by atoms with E-state index in [9.17, 15) is 4.79 Å². The van der Waals surface area contributed by atoms with Crippen molar-refractivity contribution in [3.05, 3.63) is 34.9 Å². The Balaban J connectivity index is 2.36. The quantitative estimate of drug-likeness (QED) is 0.827. The van der Waals surface area contributed by atoms with Crippen molar-refractivity contribution in [1.29, 1.82) is 0 Å². The number of hydroxylamine groups is 1. The van der Waals surface area contributed by atoms with Crippen LogP contribution in [0.2, 0.25) is 5.02 Å². The average molecular weight is 242 g/mol. The Morgan fingerprint density at radius 3 is 2.38 bits per heavy atom. The van der Waals surface area contributed by atoms with Crippen LogP contribution in [0.5, 0.6) is 0 Å². The molecule has 0 spiro atoms. The zero-order valence-corrected chi connectivity index (χ0v) is 10.5. The van der Waals surface area contributed by atoms with E-state index in [1.165, 1.54) is 0 Å². The molecule has 4 heteroatoms. The fourth-order valence-electron chi connectivity index (χ4n) is 0.940. The number of carbonyl (C=O) groups is 1. The van der Waals surface area contributed by atoms with Gasteiger partial charge in [0.25, 0.3) is 0 Å². The molecule has 16 heavy (non-hydrogen) atoms. The lowest BCUT2D eigenvalue weighted by molar-refractivity contribution is -0.161. The first-order valence-electron chi connectivity index (χ1n) is 5.08. The van der Waals surface area contributed by atoms with Gasteiger partial charge in [0.05, 0.1) is 12.0 Å². The molecule has 0 atom stereocenters. The smallest absolute Gasteiger partial charge is 0.329 e. The van der Waals surface area contributed by atoms with Crippen LogP contribution in [0, 0.1) is 5.41 Å². The lowest BCUT2D eigenvalue weighted by atomic mass is 9.98. The third-order valence-electron chi connectivity index (χ3n) is 1.97. The molecular weight excluding hydrogens is 226 g/mol. The third-order valence-corrected chi connectivity index (χ3v) is 2.22. The van der Waals surface area contributed by atoms with E-state index in [4.69, 9.17) is 16.4 Å². The van der Waals surface area contributed by atoms with E-state index in [1.54, 1.807) is 32.9 Å². The molecule has 0 unspecified atom stereocenters. The molecule has 0 radical (unpaired) electrons. The summed E-state index contributed by atoms with van der Waals surface area (Å²) in [6.45, 7) is 5.89. The van der Waals surface area contributed by atoms with Gasteiger partial charge in [-0.05, 0) is 38.5 Å². The van der Waals surface area contributed by atoms with Gasteiger partial charge in [-0.1, -0.05) is 23.7 Å². The van der Waals surface area contributed by atoms with Gasteiger partial charge in [0.15, 0.2) is 0 Å². The van der Waals surface area contributed by atoms with Gasteiger partial charge in [-0.25, -0.2) is 4.79 Å². The van der Waals surface area contributed by atoms with E-state index in [0.29, 0.717) is 11.6 Å². The van der Waals surface area contributed by atoms with E-state index < -0.39 is 5.41 Å². The summed E-state index contributed by atoms with van der Waals surface area (Å²) in [5, 5.41) is 0.690. The minimum Gasteiger partial charge on any atom is -0.370 e. The normalized spacial score (nSPS) is 11.2. The molecule has 0 aromatic heterocycles. The van der Waals surface area contributed by atoms with Gasteiger partial charge >= 0.3 is 5.97 Å². The van der Waals surface area contributed by atoms with Crippen LogP contribution in [-0.2, 0) is 16.2 Å². The maximum atomic E-state index is 11.4. The maximum Gasteiger partial charge on any atom is 0.329 e. The molecular formula is C12H16ClNO2. The summed E-state index contributed by atoms with van der Waals surface area (Å²) in [5.74, 6) is -0.276. The summed E-state index contributed by atoms with van der Waals surface area (Å²) in [4.78, 5) is 16.3. The zero-order chi connectivity index (χ0) is 12.2. The number of benzene rings is 1. The Morgan fingerprint density at radius 2 is 1.88 bits per heavy atom. The number of nitrogens with one attached hydrogen (secondary N) is 1. The highest BCUT2D eigenvalue weighted by molar-refractivity contribution is 6.30. The SMILES string of the molecule is CC(C)(C)C(=O)ONCc1ccc(Cl)cc1. The van der Waals surface area contributed by atoms with E-state index in [2.05, 4.69) is 5.48 Å². The van der Waals surface area contributed by atoms with E-state index >= 15 is 0 Å². The van der Waals surface area contributed by atoms with Crippen molar-refractivity contribution in [2.45, 2.75) is 27.3 Å². The van der Waals surface area contributed by atoms with E-state index in [-0.39, 0.29) is 5.97 Å². The fraction of sp³-hybridized carbons (Fsp3) is 0.417. The lowest BCUT2D eigenvalue weighted by Crippen LogP contribution is -2.29. The van der Waals surface area contributed by atoms with E-state index in [0.717, 1.165) is 5.56 Å². The van der Waals surface area contributed by atoms with Crippen LogP contribution in [0.4, 0.5) is 0 Å². The molecule has 0 aliphatic carbocycles. The van der Waals surface area contributed by atoms with Crippen LogP contribution in [-0.4, -0.2) is 5.97 Å². The monoisotopic (exact) mass is 241 g/mol. The summed E-state index contributed by atoms with van der Waals surface area (Å²) < 4.78 is 0. The number of carbonyl (C=O) groups excluding carboxylic acids is 1. The second-order valence-corrected chi connectivity index (χ2v) is 5.02. The molecule has 0 saturated carbocycles. The number of hydrogen-bond acceptors (Lipinski definition) is 3. The van der Waals surface area contributed by atoms with Crippen molar-refractivity contribution >= 4 is 17.6 Å². The first-order valence-corrected chi connectivity index (χ1v) is 5.46. The van der Waals surface area contributed by atoms with Crippen LogP contribution in [0.3, 0.4) is 0 Å². The summed E-state index contributed by atoms with van der Waals surface area (Å²) >= 11 is 5.75. The van der Waals surface area contributed by atoms with Crippen LogP contribution in [0.25, 0.3) is 0 Å². The Kier molecular flexibility index (Phi) is 4.33. The average Bonchev–Trinajstić information content (AvgIpc) is 2.19. The van der Waals surface area contributed by atoms with Crippen molar-refractivity contribution in [3.63, 3.8) is 0 Å². The van der Waals surface area contributed by atoms with Gasteiger partial charge in [-0.3, -0.25) is 0 Å². The zero-order valence-electron chi connectivity index (χ0n) is 9.71. The van der Waals surface area contributed by atoms with Gasteiger partial charge in [-0.15, -0.1) is 5.48 Å². The summed E-state index contributed by atoms with van der Waals surface area (Å²) in [7, 11) is 0. The van der Waals surface area contributed by atoms with Gasteiger partial charge in [0.2, 0.25) is 0 Å². The molecule has 1 aromatic rings. The van der Waals surface area contributed by atoms with Gasteiger partial charge in [-0.2, -0.15) is 0 Å². The van der Waals surface area contributed by atoms with Crippen molar-refractivity contribution in [1.82, 2.24) is 5.48 Å². The second kappa shape index (κ2) is 5.32. The molecule has 0 aliphatic rings. The molecule has 0 amide bonds. The predicted octanol–water partition coefficient (Wildman–Crippen LogP) is 2.93. The number of halogens is 1. The van der Waals surface area contributed by atoms with Crippen LogP contribution in [0.15, 0.2) is 24.3 Å². The maximum absolute atomic E-state index is 11.4. The molecule has 0 fully saturated rings. The molecule has 1 rings (SSSR count). The minimum atomic E-state index is -0.493. The Bertz CT molecular complexity index is 354. The topological polar surface area (TPSA) is 38.3 Å². The Morgan fingerprint density at radius 1 is 1.31 bits per heavy atom. The predicted molar refractivity (Wildman–Crippen MR) is 63.8 cm³/mol. The molecule has 88 valence electrons. The summed E-state index contributed by atoms with van der Waals surface area (Å²) in [6, 6.07) is 7.34. The number of hydrogen-bond donors (Lipinski definition) is 1. The Hall–Kier alpha value is -1.06. The van der Waals surface area contributed by atoms with Crippen LogP contribution >= 0.6 is 11.6 Å². The first kappa shape index (κ1) is 13.0. The van der Waals surface area contributed by atoms with Gasteiger partial charge in [0.1, 0.15) is 0 Å². The molecule has 0 bridgehead atoms. The molecule has 3 nitrogen and oxygen atoms in total. The third kappa shape index (κ3) is 4.21. The van der Waals surface area contributed by atoms with E-state index in [1.807, 2.05) is 12.1 Å². The molecule has 0 saturated heterocycles. The summed E-state index contributed by atoms with van der Waals surface area (Å²) in [5.41, 5.74) is 3.15. The lowest BCUT2D eigenvalue weighted by Gasteiger charge is -2.16. The largest absolute Gasteiger partial charge is 0.370 e. The van der Waals surface area contributed by atoms with Crippen molar-refractivity contribution in [3.8, 4) is 0 Å². The Labute approximate surface area is 101 Å². The molecule has 0 heterocycles. The molecule has 0 aliphatic heterocycles. The summed E-state index contributed by atoms with van der Waals surface area (Å²) in [6.07, 6.45) is 0. The fourth-order valence-corrected chi connectivity index (χ4v) is 1.07. The van der Waals surface area contributed by atoms with Crippen molar-refractivity contribution in [2.24, 2.45) is 5.41 Å². The minimum absolute atomic E-state index is 0.276. The highest BCUT2D eigenvalue weighted by Gasteiger charge is 2.23. The number of rotatable bonds is 3. The molecule has 1 N–H and O–H groups in total. The standard InChI is InChI=1S/C12H16ClNO2/c1-12(2,3)11(15)16-14-8-9-4-6-10(13)7-5-9/h4-7,14H,8H2,1-3H3. The van der Waals surface area contributed by atoms with Crippen LogP contribution < -0.4 is 5.48 Å². The van der Waals surface area contributed by atoms with Crippen molar-refractivity contribution < 1.29 is 9.63 Å². The first-order chi connectivity index (χ1) is 7.39. The second-order valence-electron chi connectivity index (χ2n) is 4.59. The molecule has 1 aromatic carbocycles. The highest BCUT2D eigenvalue weighted by Crippen LogP contribution is 2.14. The van der Waals surface area contributed by atoms with Gasteiger partial charge in [0, 0.05) is 5.02 Å². The van der Waals surface area contributed by atoms with Gasteiger partial charge < -0.3 is 4.84 Å². The van der Waals surface area contributed by atoms with Crippen molar-refractivity contribution in [2.75, 3.05) is 0 Å². The van der Waals surface area contributed by atoms with Crippen LogP contribution in [0.1, 0.15) is 26.3 Å².